The van der Waals surface area contributed by atoms with Crippen LogP contribution in [0.1, 0.15) is 24.2 Å². The number of carbonyl (C=O) groups excluding carboxylic acids is 2. The van der Waals surface area contributed by atoms with E-state index >= 15 is 0 Å². The van der Waals surface area contributed by atoms with Gasteiger partial charge in [0.25, 0.3) is 0 Å². The average molecular weight is 369 g/mol. The van der Waals surface area contributed by atoms with Gasteiger partial charge in [0.15, 0.2) is 0 Å². The van der Waals surface area contributed by atoms with E-state index in [-0.39, 0.29) is 24.2 Å². The molecule has 2 aromatic rings. The van der Waals surface area contributed by atoms with Crippen LogP contribution in [0.3, 0.4) is 0 Å². The van der Waals surface area contributed by atoms with Gasteiger partial charge < -0.3 is 19.5 Å². The minimum absolute atomic E-state index is 0.00847. The molecule has 27 heavy (non-hydrogen) atoms. The molecule has 6 heteroatoms. The fourth-order valence-corrected chi connectivity index (χ4v) is 3.37. The largest absolute Gasteiger partial charge is 0.467 e. The molecule has 0 spiro atoms. The summed E-state index contributed by atoms with van der Waals surface area (Å²) in [6, 6.07) is 14.0. The monoisotopic (exact) mass is 369 g/mol. The molecule has 3 rings (SSSR count). The first-order valence-electron chi connectivity index (χ1n) is 9.42. The van der Waals surface area contributed by atoms with Gasteiger partial charge in [0.1, 0.15) is 5.76 Å². The van der Waals surface area contributed by atoms with E-state index < -0.39 is 0 Å². The summed E-state index contributed by atoms with van der Waals surface area (Å²) in [4.78, 5) is 28.4. The summed E-state index contributed by atoms with van der Waals surface area (Å²) >= 11 is 0. The highest BCUT2D eigenvalue weighted by Gasteiger charge is 2.34. The van der Waals surface area contributed by atoms with Crippen LogP contribution in [0.5, 0.6) is 0 Å². The van der Waals surface area contributed by atoms with E-state index in [9.17, 15) is 9.59 Å². The normalized spacial score (nSPS) is 16.9. The van der Waals surface area contributed by atoms with Crippen LogP contribution in [-0.2, 0) is 22.7 Å². The molecule has 0 aliphatic carbocycles. The molecule has 0 bridgehead atoms. The third-order valence-electron chi connectivity index (χ3n) is 4.82. The number of nitrogens with one attached hydrogen (secondary N) is 1. The Hall–Kier alpha value is -2.60. The van der Waals surface area contributed by atoms with Crippen LogP contribution in [0.2, 0.25) is 0 Å². The molecule has 1 unspecified atom stereocenters. The molecular formula is C21H27N3O3. The maximum Gasteiger partial charge on any atom is 0.225 e. The number of carbonyl (C=O) groups is 2. The van der Waals surface area contributed by atoms with Crippen molar-refractivity contribution in [2.45, 2.75) is 25.9 Å². The Labute approximate surface area is 160 Å². The van der Waals surface area contributed by atoms with Gasteiger partial charge in [0, 0.05) is 26.1 Å². The van der Waals surface area contributed by atoms with Crippen LogP contribution in [0.25, 0.3) is 0 Å². The number of hydrogen-bond acceptors (Lipinski definition) is 4. The third kappa shape index (κ3) is 5.69. The molecule has 1 atom stereocenters. The van der Waals surface area contributed by atoms with Crippen molar-refractivity contribution in [3.63, 3.8) is 0 Å². The lowest BCUT2D eigenvalue weighted by molar-refractivity contribution is -0.129. The van der Waals surface area contributed by atoms with Gasteiger partial charge in [-0.15, -0.1) is 0 Å². The van der Waals surface area contributed by atoms with Gasteiger partial charge in [-0.2, -0.15) is 0 Å². The lowest BCUT2D eigenvalue weighted by Crippen LogP contribution is -2.34. The Kier molecular flexibility index (Phi) is 6.65. The maximum atomic E-state index is 12.3. The summed E-state index contributed by atoms with van der Waals surface area (Å²) in [6.07, 6.45) is 2.75. The minimum Gasteiger partial charge on any atom is -0.467 e. The molecule has 2 amide bonds. The number of amides is 2. The topological polar surface area (TPSA) is 65.8 Å². The Morgan fingerprint density at radius 1 is 1.26 bits per heavy atom. The fraction of sp³-hybridized carbons (Fsp3) is 0.429. The molecule has 0 radical (unpaired) electrons. The summed E-state index contributed by atoms with van der Waals surface area (Å²) in [5.74, 6) is 0.450. The third-order valence-corrected chi connectivity index (χ3v) is 4.82. The van der Waals surface area contributed by atoms with Gasteiger partial charge in [-0.3, -0.25) is 9.59 Å². The van der Waals surface area contributed by atoms with Crippen LogP contribution < -0.4 is 5.32 Å². The maximum absolute atomic E-state index is 12.3. The van der Waals surface area contributed by atoms with Gasteiger partial charge in [0.05, 0.1) is 18.7 Å². The quantitative estimate of drug-likeness (QED) is 0.689. The molecule has 144 valence electrons. The first-order chi connectivity index (χ1) is 13.1. The van der Waals surface area contributed by atoms with Crippen molar-refractivity contribution < 1.29 is 14.0 Å². The van der Waals surface area contributed by atoms with Crippen molar-refractivity contribution in [1.29, 1.82) is 0 Å². The second kappa shape index (κ2) is 9.37. The molecule has 6 nitrogen and oxygen atoms in total. The average Bonchev–Trinajstić information content (AvgIpc) is 3.30. The molecule has 1 N–H and O–H groups in total. The van der Waals surface area contributed by atoms with Crippen molar-refractivity contribution >= 4 is 11.8 Å². The van der Waals surface area contributed by atoms with Gasteiger partial charge in [0.2, 0.25) is 11.8 Å². The zero-order chi connectivity index (χ0) is 19.1. The highest BCUT2D eigenvalue weighted by Crippen LogP contribution is 2.20. The van der Waals surface area contributed by atoms with E-state index in [1.165, 1.54) is 5.56 Å². The van der Waals surface area contributed by atoms with E-state index in [2.05, 4.69) is 29.4 Å². The van der Waals surface area contributed by atoms with Gasteiger partial charge in [-0.1, -0.05) is 30.3 Å². The first-order valence-corrected chi connectivity index (χ1v) is 9.42. The molecule has 1 aliphatic heterocycles. The second-order valence-corrected chi connectivity index (χ2v) is 7.12. The predicted octanol–water partition coefficient (Wildman–Crippen LogP) is 2.27. The van der Waals surface area contributed by atoms with E-state index in [4.69, 9.17) is 4.42 Å². The smallest absolute Gasteiger partial charge is 0.225 e. The molecular weight excluding hydrogens is 342 g/mol. The predicted molar refractivity (Wildman–Crippen MR) is 103 cm³/mol. The van der Waals surface area contributed by atoms with Crippen molar-refractivity contribution in [3.8, 4) is 0 Å². The number of hydrogen-bond donors (Lipinski definition) is 1. The Balaban J connectivity index is 1.34. The minimum atomic E-state index is -0.269. The molecule has 0 saturated carbocycles. The molecule has 1 saturated heterocycles. The van der Waals surface area contributed by atoms with Crippen LogP contribution in [-0.4, -0.2) is 48.3 Å². The highest BCUT2D eigenvalue weighted by molar-refractivity contribution is 5.89. The zero-order valence-corrected chi connectivity index (χ0v) is 15.8. The number of likely N-dealkylation sites (tertiary alicyclic amines) is 1. The van der Waals surface area contributed by atoms with Crippen LogP contribution in [0, 0.1) is 5.92 Å². The van der Waals surface area contributed by atoms with Crippen molar-refractivity contribution in [2.24, 2.45) is 5.92 Å². The lowest BCUT2D eigenvalue weighted by atomic mass is 10.1. The van der Waals surface area contributed by atoms with Crippen LogP contribution >= 0.6 is 0 Å². The van der Waals surface area contributed by atoms with Crippen LogP contribution in [0.4, 0.5) is 0 Å². The van der Waals surface area contributed by atoms with Gasteiger partial charge in [-0.05, 0) is 37.7 Å². The van der Waals surface area contributed by atoms with E-state index in [0.29, 0.717) is 19.6 Å². The summed E-state index contributed by atoms with van der Waals surface area (Å²) in [5.41, 5.74) is 1.28. The van der Waals surface area contributed by atoms with Crippen molar-refractivity contribution in [3.05, 3.63) is 60.1 Å². The van der Waals surface area contributed by atoms with Crippen LogP contribution in [0.15, 0.2) is 53.1 Å². The summed E-state index contributed by atoms with van der Waals surface area (Å²) in [6.45, 7) is 3.32. The number of benzene rings is 1. The fourth-order valence-electron chi connectivity index (χ4n) is 3.37. The molecule has 1 fully saturated rings. The summed E-state index contributed by atoms with van der Waals surface area (Å²) in [7, 11) is 2.08. The first kappa shape index (κ1) is 19.2. The Bertz CT molecular complexity index is 730. The molecule has 1 aromatic carbocycles. The Morgan fingerprint density at radius 3 is 2.81 bits per heavy atom. The number of nitrogens with zero attached hydrogens (tertiary/aromatic N) is 2. The van der Waals surface area contributed by atoms with Gasteiger partial charge in [-0.25, -0.2) is 0 Å². The van der Waals surface area contributed by atoms with Gasteiger partial charge >= 0.3 is 0 Å². The standard InChI is InChI=1S/C21H27N3O3/c1-23(14-17-7-3-2-4-8-17)11-6-10-22-21(26)18-13-20(25)24(15-18)16-19-9-5-12-27-19/h2-5,7-9,12,18H,6,10-11,13-16H2,1H3,(H,22,26). The Morgan fingerprint density at radius 2 is 2.07 bits per heavy atom. The van der Waals surface area contributed by atoms with E-state index in [0.717, 1.165) is 25.3 Å². The number of rotatable bonds is 9. The number of furan rings is 1. The lowest BCUT2D eigenvalue weighted by Gasteiger charge is -2.17. The van der Waals surface area contributed by atoms with E-state index in [1.54, 1.807) is 17.2 Å². The summed E-state index contributed by atoms with van der Waals surface area (Å²) < 4.78 is 5.28. The second-order valence-electron chi connectivity index (χ2n) is 7.12. The molecule has 1 aliphatic rings. The van der Waals surface area contributed by atoms with Crippen molar-refractivity contribution in [2.75, 3.05) is 26.7 Å². The SMILES string of the molecule is CN(CCCNC(=O)C1CC(=O)N(Cc2ccco2)C1)Cc1ccccc1. The highest BCUT2D eigenvalue weighted by atomic mass is 16.3. The molecule has 2 heterocycles. The summed E-state index contributed by atoms with van der Waals surface area (Å²) in [5, 5.41) is 2.98. The molecule has 1 aromatic heterocycles. The van der Waals surface area contributed by atoms with Crippen molar-refractivity contribution in [1.82, 2.24) is 15.1 Å². The zero-order valence-electron chi connectivity index (χ0n) is 15.8. The van der Waals surface area contributed by atoms with E-state index in [1.807, 2.05) is 24.3 Å².